The Labute approximate surface area is 123 Å². The predicted molar refractivity (Wildman–Crippen MR) is 79.9 cm³/mol. The number of hydrogen-bond donors (Lipinski definition) is 3. The van der Waals surface area contributed by atoms with E-state index in [0.29, 0.717) is 0 Å². The first-order chi connectivity index (χ1) is 9.97. The minimum absolute atomic E-state index is 0.0277. The fraction of sp³-hybridized carbons (Fsp3) is 0.250. The molecule has 2 rings (SSSR count). The number of H-pyrrole nitrogens is 1. The van der Waals surface area contributed by atoms with Crippen LogP contribution < -0.4 is 0 Å². The van der Waals surface area contributed by atoms with Gasteiger partial charge in [0.15, 0.2) is 0 Å². The Morgan fingerprint density at radius 3 is 2.00 bits per heavy atom. The van der Waals surface area contributed by atoms with Gasteiger partial charge in [0.2, 0.25) is 0 Å². The van der Waals surface area contributed by atoms with E-state index in [1.807, 2.05) is 12.3 Å². The van der Waals surface area contributed by atoms with Gasteiger partial charge in [-0.2, -0.15) is 0 Å². The summed E-state index contributed by atoms with van der Waals surface area (Å²) in [5, 5.41) is 17.4. The Kier molecular flexibility index (Phi) is 6.20. The van der Waals surface area contributed by atoms with Crippen LogP contribution in [0.4, 0.5) is 0 Å². The fourth-order valence-electron chi connectivity index (χ4n) is 1.89. The van der Waals surface area contributed by atoms with Crippen molar-refractivity contribution in [2.24, 2.45) is 0 Å². The lowest BCUT2D eigenvalue weighted by atomic mass is 10.0. The third kappa shape index (κ3) is 4.80. The summed E-state index contributed by atoms with van der Waals surface area (Å²) in [7, 11) is 0. The Bertz CT molecular complexity index is 570. The van der Waals surface area contributed by atoms with Gasteiger partial charge >= 0.3 is 11.9 Å². The molecule has 0 aliphatic carbocycles. The van der Waals surface area contributed by atoms with Crippen LogP contribution in [0.2, 0.25) is 0 Å². The van der Waals surface area contributed by atoms with Crippen molar-refractivity contribution < 1.29 is 19.8 Å². The van der Waals surface area contributed by atoms with Crippen LogP contribution >= 0.6 is 0 Å². The highest BCUT2D eigenvalue weighted by Crippen LogP contribution is 2.13. The molecule has 112 valence electrons. The van der Waals surface area contributed by atoms with Gasteiger partial charge in [-0.15, -0.1) is 0 Å². The molecule has 0 aliphatic rings. The minimum Gasteiger partial charge on any atom is -0.478 e. The molecule has 5 nitrogen and oxygen atoms in total. The van der Waals surface area contributed by atoms with Gasteiger partial charge in [-0.25, -0.2) is 9.59 Å². The first-order valence-electron chi connectivity index (χ1n) is 6.65. The minimum atomic E-state index is -1.11. The van der Waals surface area contributed by atoms with Crippen molar-refractivity contribution >= 4 is 11.9 Å². The molecule has 0 bridgehead atoms. The summed E-state index contributed by atoms with van der Waals surface area (Å²) in [4.78, 5) is 24.3. The summed E-state index contributed by atoms with van der Waals surface area (Å²) >= 11 is 0. The molecular weight excluding hydrogens is 270 g/mol. The van der Waals surface area contributed by atoms with Gasteiger partial charge < -0.3 is 15.2 Å². The van der Waals surface area contributed by atoms with Crippen molar-refractivity contribution in [3.63, 3.8) is 0 Å². The van der Waals surface area contributed by atoms with E-state index in [1.54, 1.807) is 0 Å². The number of nitrogens with one attached hydrogen (secondary N) is 1. The SMILES string of the molecule is CCCc1ccc[nH]1.Cc1c(C(=O)O)cccc1C(=O)O. The highest BCUT2D eigenvalue weighted by molar-refractivity contribution is 5.96. The molecule has 0 saturated heterocycles. The number of benzene rings is 1. The van der Waals surface area contributed by atoms with E-state index >= 15 is 0 Å². The normalized spacial score (nSPS) is 9.62. The van der Waals surface area contributed by atoms with Crippen molar-refractivity contribution in [2.75, 3.05) is 0 Å². The number of aromatic nitrogens is 1. The number of carboxylic acids is 2. The zero-order valence-electron chi connectivity index (χ0n) is 12.1. The lowest BCUT2D eigenvalue weighted by Gasteiger charge is -2.03. The number of aryl methyl sites for hydroxylation is 1. The van der Waals surface area contributed by atoms with Crippen molar-refractivity contribution in [3.05, 3.63) is 58.9 Å². The third-order valence-electron chi connectivity index (χ3n) is 2.98. The summed E-state index contributed by atoms with van der Waals surface area (Å²) in [5.41, 5.74) is 1.68. The first kappa shape index (κ1) is 16.5. The second-order valence-electron chi connectivity index (χ2n) is 4.53. The molecule has 0 atom stereocenters. The molecule has 3 N–H and O–H groups in total. The highest BCUT2D eigenvalue weighted by atomic mass is 16.4. The van der Waals surface area contributed by atoms with Crippen molar-refractivity contribution in [1.82, 2.24) is 4.98 Å². The quantitative estimate of drug-likeness (QED) is 0.805. The molecule has 0 aliphatic heterocycles. The fourth-order valence-corrected chi connectivity index (χ4v) is 1.89. The van der Waals surface area contributed by atoms with Crippen LogP contribution in [-0.2, 0) is 6.42 Å². The Hall–Kier alpha value is -2.56. The average molecular weight is 289 g/mol. The van der Waals surface area contributed by atoms with Crippen molar-refractivity contribution in [1.29, 1.82) is 0 Å². The monoisotopic (exact) mass is 289 g/mol. The van der Waals surface area contributed by atoms with E-state index in [9.17, 15) is 9.59 Å². The average Bonchev–Trinajstić information content (AvgIpc) is 2.92. The van der Waals surface area contributed by atoms with E-state index in [-0.39, 0.29) is 16.7 Å². The Morgan fingerprint density at radius 2 is 1.62 bits per heavy atom. The van der Waals surface area contributed by atoms with Crippen LogP contribution in [0.5, 0.6) is 0 Å². The van der Waals surface area contributed by atoms with Gasteiger partial charge in [0.25, 0.3) is 0 Å². The molecule has 0 spiro atoms. The summed E-state index contributed by atoms with van der Waals surface area (Å²) < 4.78 is 0. The van der Waals surface area contributed by atoms with Crippen LogP contribution in [-0.4, -0.2) is 27.1 Å². The van der Waals surface area contributed by atoms with Gasteiger partial charge in [0, 0.05) is 11.9 Å². The molecule has 0 fully saturated rings. The Balaban J connectivity index is 0.000000235. The van der Waals surface area contributed by atoms with Gasteiger partial charge in [-0.1, -0.05) is 19.4 Å². The van der Waals surface area contributed by atoms with Crippen LogP contribution in [0, 0.1) is 6.92 Å². The molecule has 0 amide bonds. The number of aromatic carboxylic acids is 2. The maximum atomic E-state index is 10.6. The Morgan fingerprint density at radius 1 is 1.05 bits per heavy atom. The summed E-state index contributed by atoms with van der Waals surface area (Å²) in [6.45, 7) is 3.66. The third-order valence-corrected chi connectivity index (χ3v) is 2.98. The van der Waals surface area contributed by atoms with Gasteiger partial charge in [-0.05, 0) is 43.2 Å². The largest absolute Gasteiger partial charge is 0.478 e. The molecule has 0 unspecified atom stereocenters. The lowest BCUT2D eigenvalue weighted by molar-refractivity contribution is 0.0696. The van der Waals surface area contributed by atoms with E-state index < -0.39 is 11.9 Å². The zero-order valence-corrected chi connectivity index (χ0v) is 12.1. The summed E-state index contributed by atoms with van der Waals surface area (Å²) in [5.74, 6) is -2.22. The van der Waals surface area contributed by atoms with E-state index in [1.165, 1.54) is 43.7 Å². The summed E-state index contributed by atoms with van der Waals surface area (Å²) in [6, 6.07) is 8.32. The second-order valence-corrected chi connectivity index (χ2v) is 4.53. The zero-order chi connectivity index (χ0) is 15.8. The number of rotatable bonds is 4. The van der Waals surface area contributed by atoms with Gasteiger partial charge in [0.05, 0.1) is 11.1 Å². The lowest BCUT2D eigenvalue weighted by Crippen LogP contribution is -2.06. The maximum Gasteiger partial charge on any atom is 0.335 e. The van der Waals surface area contributed by atoms with E-state index in [2.05, 4.69) is 18.0 Å². The topological polar surface area (TPSA) is 90.4 Å². The predicted octanol–water partition coefficient (Wildman–Crippen LogP) is 3.36. The standard InChI is InChI=1S/C9H8O4.C7H11N/c1-5-6(8(10)11)3-2-4-7(5)9(12)13;1-2-4-7-5-3-6-8-7/h2-4H,1H3,(H,10,11)(H,12,13);3,5-6,8H,2,4H2,1H3. The highest BCUT2D eigenvalue weighted by Gasteiger charge is 2.13. The van der Waals surface area contributed by atoms with E-state index in [4.69, 9.17) is 10.2 Å². The van der Waals surface area contributed by atoms with Crippen LogP contribution in [0.15, 0.2) is 36.5 Å². The molecule has 2 aromatic rings. The van der Waals surface area contributed by atoms with Crippen LogP contribution in [0.25, 0.3) is 0 Å². The number of carboxylic acid groups (broad SMARTS) is 2. The molecule has 1 heterocycles. The molecule has 1 aromatic carbocycles. The molecule has 21 heavy (non-hydrogen) atoms. The first-order valence-corrected chi connectivity index (χ1v) is 6.65. The van der Waals surface area contributed by atoms with Gasteiger partial charge in [0.1, 0.15) is 0 Å². The summed E-state index contributed by atoms with van der Waals surface area (Å²) in [6.07, 6.45) is 4.36. The van der Waals surface area contributed by atoms with Gasteiger partial charge in [-0.3, -0.25) is 0 Å². The molecule has 0 radical (unpaired) electrons. The van der Waals surface area contributed by atoms with Crippen molar-refractivity contribution in [3.8, 4) is 0 Å². The molecule has 1 aromatic heterocycles. The second kappa shape index (κ2) is 7.89. The number of hydrogen-bond acceptors (Lipinski definition) is 2. The smallest absolute Gasteiger partial charge is 0.335 e. The van der Waals surface area contributed by atoms with Crippen LogP contribution in [0.3, 0.4) is 0 Å². The maximum absolute atomic E-state index is 10.6. The van der Waals surface area contributed by atoms with Crippen molar-refractivity contribution in [2.45, 2.75) is 26.7 Å². The number of carbonyl (C=O) groups is 2. The van der Waals surface area contributed by atoms with Crippen LogP contribution in [0.1, 0.15) is 45.3 Å². The molecular formula is C16H19NO4. The van der Waals surface area contributed by atoms with E-state index in [0.717, 1.165) is 0 Å². The number of aromatic amines is 1. The molecule has 0 saturated carbocycles. The molecule has 5 heteroatoms.